The molecule has 0 bridgehead atoms. The number of quaternary nitrogens is 1. The molecule has 0 unspecified atom stereocenters. The van der Waals surface area contributed by atoms with Crippen molar-refractivity contribution in [3.8, 4) is 0 Å². The SMILES string of the molecule is Cc1nn(C/C(F)=C/C[NH3+])c(C(=O)NC(C)(C)C)c1Cc1ccc(S(=O)(=O)N(C)C)c(Cl)c1. The van der Waals surface area contributed by atoms with Crippen molar-refractivity contribution < 1.29 is 23.3 Å². The number of hydrogen-bond donors (Lipinski definition) is 2. The van der Waals surface area contributed by atoms with Gasteiger partial charge in [-0.2, -0.15) is 5.10 Å². The summed E-state index contributed by atoms with van der Waals surface area (Å²) in [7, 11) is -0.834. The van der Waals surface area contributed by atoms with Crippen LogP contribution in [0, 0.1) is 6.92 Å². The molecule has 1 aromatic heterocycles. The molecule has 0 radical (unpaired) electrons. The second-order valence-corrected chi connectivity index (χ2v) is 11.5. The van der Waals surface area contributed by atoms with E-state index in [2.05, 4.69) is 16.1 Å². The van der Waals surface area contributed by atoms with Crippen molar-refractivity contribution in [2.75, 3.05) is 20.6 Å². The fourth-order valence-corrected chi connectivity index (χ4v) is 4.66. The molecule has 1 heterocycles. The van der Waals surface area contributed by atoms with E-state index >= 15 is 0 Å². The number of aryl methyl sites for hydroxylation is 1. The van der Waals surface area contributed by atoms with Crippen LogP contribution in [-0.2, 0) is 23.0 Å². The minimum absolute atomic E-state index is 0.00332. The number of nitrogens with one attached hydrogen (secondary N) is 1. The van der Waals surface area contributed by atoms with Gasteiger partial charge in [0.05, 0.1) is 23.8 Å². The summed E-state index contributed by atoms with van der Waals surface area (Å²) >= 11 is 6.29. The summed E-state index contributed by atoms with van der Waals surface area (Å²) in [6.07, 6.45) is 1.60. The number of hydrogen-bond acceptors (Lipinski definition) is 4. The fraction of sp³-hybridized carbons (Fsp3) is 0.455. The maximum atomic E-state index is 14.3. The van der Waals surface area contributed by atoms with Gasteiger partial charge < -0.3 is 11.1 Å². The van der Waals surface area contributed by atoms with Crippen molar-refractivity contribution >= 4 is 27.5 Å². The number of benzene rings is 1. The van der Waals surface area contributed by atoms with Crippen molar-refractivity contribution in [3.63, 3.8) is 0 Å². The number of aromatic nitrogens is 2. The molecule has 0 aliphatic carbocycles. The standard InChI is InChI=1S/C22H31ClFN5O3S/c1-14-17(11-15-7-8-19(18(23)12-15)33(31,32)28(5)6)20(21(30)26-22(2,3)4)29(27-14)13-16(24)9-10-25/h7-9,12H,10-11,13,25H2,1-6H3,(H,26,30)/p+1/b16-9-. The van der Waals surface area contributed by atoms with Gasteiger partial charge in [-0.1, -0.05) is 17.7 Å². The van der Waals surface area contributed by atoms with Crippen LogP contribution in [0.15, 0.2) is 35.0 Å². The molecule has 2 aromatic rings. The van der Waals surface area contributed by atoms with Crippen LogP contribution in [0.1, 0.15) is 48.1 Å². The lowest BCUT2D eigenvalue weighted by Crippen LogP contribution is -2.49. The Bertz CT molecular complexity index is 1170. The Labute approximate surface area is 199 Å². The largest absolute Gasteiger partial charge is 0.354 e. The summed E-state index contributed by atoms with van der Waals surface area (Å²) in [4.78, 5) is 13.1. The van der Waals surface area contributed by atoms with Crippen LogP contribution in [0.4, 0.5) is 4.39 Å². The molecule has 0 saturated carbocycles. The second-order valence-electron chi connectivity index (χ2n) is 8.94. The quantitative estimate of drug-likeness (QED) is 0.579. The van der Waals surface area contributed by atoms with Gasteiger partial charge in [-0.05, 0) is 45.4 Å². The van der Waals surface area contributed by atoms with Crippen molar-refractivity contribution in [1.29, 1.82) is 0 Å². The predicted molar refractivity (Wildman–Crippen MR) is 126 cm³/mol. The van der Waals surface area contributed by atoms with Crippen LogP contribution < -0.4 is 11.1 Å². The van der Waals surface area contributed by atoms with Gasteiger partial charge in [-0.3, -0.25) is 9.48 Å². The third-order valence-corrected chi connectivity index (χ3v) is 7.06. The Hall–Kier alpha value is -2.27. The lowest BCUT2D eigenvalue weighted by Gasteiger charge is -2.21. The van der Waals surface area contributed by atoms with E-state index in [0.29, 0.717) is 16.8 Å². The van der Waals surface area contributed by atoms with Crippen LogP contribution in [0.5, 0.6) is 0 Å². The lowest BCUT2D eigenvalue weighted by atomic mass is 10.0. The van der Waals surface area contributed by atoms with E-state index in [1.807, 2.05) is 20.8 Å². The molecule has 2 rings (SSSR count). The highest BCUT2D eigenvalue weighted by atomic mass is 35.5. The van der Waals surface area contributed by atoms with Gasteiger partial charge in [0.25, 0.3) is 5.91 Å². The van der Waals surface area contributed by atoms with E-state index in [1.54, 1.807) is 19.1 Å². The molecule has 8 nitrogen and oxygen atoms in total. The van der Waals surface area contributed by atoms with Crippen molar-refractivity contribution in [2.24, 2.45) is 0 Å². The van der Waals surface area contributed by atoms with Gasteiger partial charge in [0.2, 0.25) is 10.0 Å². The summed E-state index contributed by atoms with van der Waals surface area (Å²) in [5.41, 5.74) is 5.22. The zero-order valence-corrected chi connectivity index (χ0v) is 21.4. The number of rotatable bonds is 8. The molecule has 11 heteroatoms. The van der Waals surface area contributed by atoms with Crippen molar-refractivity contribution in [1.82, 2.24) is 19.4 Å². The lowest BCUT2D eigenvalue weighted by molar-refractivity contribution is -0.353. The molecule has 1 aromatic carbocycles. The van der Waals surface area contributed by atoms with Gasteiger partial charge in [0.15, 0.2) is 0 Å². The molecular formula is C22H32ClFN5O3S+. The number of nitrogens with zero attached hydrogens (tertiary/aromatic N) is 3. The Morgan fingerprint density at radius 1 is 1.33 bits per heavy atom. The highest BCUT2D eigenvalue weighted by Gasteiger charge is 2.26. The number of carbonyl (C=O) groups is 1. The number of halogens is 2. The average molecular weight is 501 g/mol. The maximum Gasteiger partial charge on any atom is 0.270 e. The average Bonchev–Trinajstić information content (AvgIpc) is 2.95. The molecule has 33 heavy (non-hydrogen) atoms. The zero-order chi connectivity index (χ0) is 25.1. The van der Waals surface area contributed by atoms with Crippen LogP contribution in [0.2, 0.25) is 5.02 Å². The van der Waals surface area contributed by atoms with E-state index in [-0.39, 0.29) is 41.0 Å². The second kappa shape index (κ2) is 10.3. The van der Waals surface area contributed by atoms with Crippen molar-refractivity contribution in [2.45, 2.75) is 51.1 Å². The summed E-state index contributed by atoms with van der Waals surface area (Å²) < 4.78 is 41.6. The predicted octanol–water partition coefficient (Wildman–Crippen LogP) is 2.31. The number of sulfonamides is 1. The topological polar surface area (TPSA) is 112 Å². The van der Waals surface area contributed by atoms with Crippen LogP contribution in [0.3, 0.4) is 0 Å². The molecular weight excluding hydrogens is 469 g/mol. The maximum absolute atomic E-state index is 14.3. The van der Waals surface area contributed by atoms with E-state index in [0.717, 1.165) is 4.31 Å². The molecule has 0 atom stereocenters. The van der Waals surface area contributed by atoms with Gasteiger partial charge in [-0.15, -0.1) is 0 Å². The molecule has 4 N–H and O–H groups in total. The Morgan fingerprint density at radius 3 is 2.48 bits per heavy atom. The Morgan fingerprint density at radius 2 is 1.97 bits per heavy atom. The number of amides is 1. The van der Waals surface area contributed by atoms with Gasteiger partial charge >= 0.3 is 0 Å². The molecule has 0 saturated heterocycles. The van der Waals surface area contributed by atoms with Crippen LogP contribution >= 0.6 is 11.6 Å². The summed E-state index contributed by atoms with van der Waals surface area (Å²) in [5.74, 6) is -0.816. The monoisotopic (exact) mass is 500 g/mol. The smallest absolute Gasteiger partial charge is 0.270 e. The first-order chi connectivity index (χ1) is 15.2. The highest BCUT2D eigenvalue weighted by Crippen LogP contribution is 2.27. The van der Waals surface area contributed by atoms with E-state index in [1.165, 1.54) is 30.9 Å². The highest BCUT2D eigenvalue weighted by molar-refractivity contribution is 7.89. The fourth-order valence-electron chi connectivity index (χ4n) is 3.23. The zero-order valence-electron chi connectivity index (χ0n) is 19.9. The first-order valence-corrected chi connectivity index (χ1v) is 12.2. The minimum Gasteiger partial charge on any atom is -0.354 e. The molecule has 0 spiro atoms. The molecule has 0 aliphatic heterocycles. The Kier molecular flexibility index (Phi) is 8.45. The summed E-state index contributed by atoms with van der Waals surface area (Å²) in [6.45, 7) is 7.39. The molecule has 0 fully saturated rings. The number of allylic oxidation sites excluding steroid dienone is 1. The normalized spacial score (nSPS) is 13.0. The van der Waals surface area contributed by atoms with E-state index in [9.17, 15) is 17.6 Å². The third-order valence-electron chi connectivity index (χ3n) is 4.76. The first-order valence-electron chi connectivity index (χ1n) is 10.4. The van der Waals surface area contributed by atoms with Crippen molar-refractivity contribution in [3.05, 3.63) is 57.6 Å². The third kappa shape index (κ3) is 6.63. The molecule has 182 valence electrons. The first kappa shape index (κ1) is 27.0. The summed E-state index contributed by atoms with van der Waals surface area (Å²) in [6, 6.07) is 4.65. The van der Waals surface area contributed by atoms with E-state index in [4.69, 9.17) is 11.6 Å². The van der Waals surface area contributed by atoms with Gasteiger partial charge in [-0.25, -0.2) is 17.1 Å². The van der Waals surface area contributed by atoms with Crippen LogP contribution in [0.25, 0.3) is 0 Å². The van der Waals surface area contributed by atoms with Gasteiger partial charge in [0, 0.05) is 37.7 Å². The van der Waals surface area contributed by atoms with E-state index < -0.39 is 21.4 Å². The molecule has 1 amide bonds. The molecule has 0 aliphatic rings. The van der Waals surface area contributed by atoms with Crippen LogP contribution in [-0.4, -0.2) is 54.6 Å². The Balaban J connectivity index is 2.53. The summed E-state index contributed by atoms with van der Waals surface area (Å²) in [5, 5.41) is 7.39. The van der Waals surface area contributed by atoms with Gasteiger partial charge in [0.1, 0.15) is 16.4 Å². The number of carbonyl (C=O) groups excluding carboxylic acids is 1. The minimum atomic E-state index is -3.69.